The summed E-state index contributed by atoms with van der Waals surface area (Å²) in [7, 11) is 1.76. The Kier molecular flexibility index (Phi) is 5.84. The number of benzene rings is 1. The number of aromatic amines is 1. The first-order valence-corrected chi connectivity index (χ1v) is 10.1. The summed E-state index contributed by atoms with van der Waals surface area (Å²) in [6.45, 7) is 1.64. The van der Waals surface area contributed by atoms with Crippen LogP contribution in [0.5, 0.6) is 0 Å². The van der Waals surface area contributed by atoms with E-state index in [4.69, 9.17) is 11.6 Å². The zero-order chi connectivity index (χ0) is 21.1. The number of likely N-dealkylation sites (tertiary alicyclic amines) is 1. The highest BCUT2D eigenvalue weighted by Crippen LogP contribution is 2.20. The Hall–Kier alpha value is -3.14. The number of amides is 3. The fraction of sp³-hybridized carbons (Fsp3) is 0.421. The van der Waals surface area contributed by atoms with Gasteiger partial charge in [0.25, 0.3) is 0 Å². The number of hydrogen-bond donors (Lipinski definition) is 2. The smallest absolute Gasteiger partial charge is 0.317 e. The number of hydrogen-bond acceptors (Lipinski definition) is 5. The lowest BCUT2D eigenvalue weighted by atomic mass is 10.0. The summed E-state index contributed by atoms with van der Waals surface area (Å²) in [5, 5.41) is 15.4. The summed E-state index contributed by atoms with van der Waals surface area (Å²) in [5.74, 6) is -0.0578. The highest BCUT2D eigenvalue weighted by Gasteiger charge is 2.28. The average molecular weight is 431 g/mol. The van der Waals surface area contributed by atoms with Crippen LogP contribution in [0.15, 0.2) is 30.6 Å². The quantitative estimate of drug-likeness (QED) is 0.639. The second-order valence-corrected chi connectivity index (χ2v) is 7.88. The number of nitrogens with zero attached hydrogens (tertiary/aromatic N) is 6. The Morgan fingerprint density at radius 2 is 2.23 bits per heavy atom. The molecule has 11 heteroatoms. The van der Waals surface area contributed by atoms with E-state index in [1.165, 1.54) is 11.0 Å². The molecule has 4 rings (SSSR count). The molecule has 0 radical (unpaired) electrons. The van der Waals surface area contributed by atoms with Crippen LogP contribution in [0, 0.1) is 0 Å². The van der Waals surface area contributed by atoms with Gasteiger partial charge in [-0.3, -0.25) is 4.79 Å². The van der Waals surface area contributed by atoms with Crippen molar-refractivity contribution in [3.8, 4) is 0 Å². The van der Waals surface area contributed by atoms with Crippen molar-refractivity contribution in [3.63, 3.8) is 0 Å². The van der Waals surface area contributed by atoms with E-state index in [1.807, 2.05) is 24.3 Å². The van der Waals surface area contributed by atoms with Crippen molar-refractivity contribution in [1.82, 2.24) is 40.3 Å². The second kappa shape index (κ2) is 8.70. The molecule has 30 heavy (non-hydrogen) atoms. The number of tetrazole rings is 1. The highest BCUT2D eigenvalue weighted by molar-refractivity contribution is 6.31. The van der Waals surface area contributed by atoms with E-state index < -0.39 is 0 Å². The van der Waals surface area contributed by atoms with Crippen molar-refractivity contribution in [2.75, 3.05) is 20.1 Å². The van der Waals surface area contributed by atoms with Crippen LogP contribution in [-0.2, 0) is 17.9 Å². The van der Waals surface area contributed by atoms with Gasteiger partial charge in [0.15, 0.2) is 0 Å². The Morgan fingerprint density at radius 1 is 1.37 bits per heavy atom. The monoisotopic (exact) mass is 430 g/mol. The van der Waals surface area contributed by atoms with E-state index in [0.29, 0.717) is 24.7 Å². The first-order chi connectivity index (χ1) is 14.5. The number of fused-ring (bicyclic) bond motifs is 1. The summed E-state index contributed by atoms with van der Waals surface area (Å²) < 4.78 is 1.40. The minimum absolute atomic E-state index is 0.0434. The molecular weight excluding hydrogens is 408 g/mol. The maximum atomic E-state index is 12.7. The molecule has 3 aromatic rings. The van der Waals surface area contributed by atoms with E-state index in [9.17, 15) is 9.59 Å². The number of carbonyl (C=O) groups is 2. The van der Waals surface area contributed by atoms with Crippen LogP contribution in [0.25, 0.3) is 10.9 Å². The van der Waals surface area contributed by atoms with Crippen LogP contribution in [0.2, 0.25) is 5.02 Å². The second-order valence-electron chi connectivity index (χ2n) is 7.44. The molecular formula is C19H23ClN8O2. The van der Waals surface area contributed by atoms with Crippen LogP contribution < -0.4 is 5.32 Å². The third kappa shape index (κ3) is 4.54. The van der Waals surface area contributed by atoms with Crippen molar-refractivity contribution < 1.29 is 9.59 Å². The lowest BCUT2D eigenvalue weighted by molar-refractivity contribution is -0.133. The molecule has 1 aliphatic rings. The van der Waals surface area contributed by atoms with Gasteiger partial charge in [0, 0.05) is 41.8 Å². The van der Waals surface area contributed by atoms with E-state index in [2.05, 4.69) is 25.8 Å². The fourth-order valence-electron chi connectivity index (χ4n) is 3.71. The first-order valence-electron chi connectivity index (χ1n) is 9.76. The topological polar surface area (TPSA) is 112 Å². The Balaban J connectivity index is 1.31. The number of likely N-dealkylation sites (N-methyl/N-ethyl adjacent to an activating group) is 1. The van der Waals surface area contributed by atoms with Crippen molar-refractivity contribution >= 4 is 34.4 Å². The molecule has 0 aliphatic carbocycles. The molecule has 1 atom stereocenters. The van der Waals surface area contributed by atoms with Gasteiger partial charge in [-0.25, -0.2) is 9.48 Å². The van der Waals surface area contributed by atoms with Gasteiger partial charge in [0.2, 0.25) is 5.91 Å². The molecule has 1 aromatic carbocycles. The van der Waals surface area contributed by atoms with Gasteiger partial charge in [0.1, 0.15) is 12.9 Å². The molecule has 10 nitrogen and oxygen atoms in total. The molecule has 3 amide bonds. The molecule has 3 heterocycles. The number of H-pyrrole nitrogens is 1. The average Bonchev–Trinajstić information content (AvgIpc) is 3.40. The number of urea groups is 1. The normalized spacial score (nSPS) is 16.6. The Morgan fingerprint density at radius 3 is 3.03 bits per heavy atom. The maximum Gasteiger partial charge on any atom is 0.317 e. The highest BCUT2D eigenvalue weighted by atomic mass is 35.5. The van der Waals surface area contributed by atoms with Crippen molar-refractivity contribution in [2.45, 2.75) is 32.0 Å². The Bertz CT molecular complexity index is 1030. The van der Waals surface area contributed by atoms with Crippen LogP contribution in [0.4, 0.5) is 4.79 Å². The van der Waals surface area contributed by atoms with Gasteiger partial charge in [-0.1, -0.05) is 11.6 Å². The number of piperidine rings is 1. The largest absolute Gasteiger partial charge is 0.357 e. The third-order valence-electron chi connectivity index (χ3n) is 5.37. The zero-order valence-corrected chi connectivity index (χ0v) is 17.3. The fourth-order valence-corrected chi connectivity index (χ4v) is 3.89. The minimum atomic E-state index is -0.175. The molecule has 0 unspecified atom stereocenters. The van der Waals surface area contributed by atoms with Crippen molar-refractivity contribution in [3.05, 3.63) is 41.3 Å². The summed E-state index contributed by atoms with van der Waals surface area (Å²) in [5.41, 5.74) is 1.87. The van der Waals surface area contributed by atoms with Gasteiger partial charge in [0.05, 0.1) is 12.6 Å². The molecule has 2 N–H and O–H groups in total. The Labute approximate surface area is 178 Å². The first kappa shape index (κ1) is 20.1. The van der Waals surface area contributed by atoms with Crippen LogP contribution >= 0.6 is 11.6 Å². The minimum Gasteiger partial charge on any atom is -0.357 e. The van der Waals surface area contributed by atoms with Gasteiger partial charge in [-0.05, 0) is 47.5 Å². The summed E-state index contributed by atoms with van der Waals surface area (Å²) >= 11 is 6.03. The number of rotatable bonds is 5. The van der Waals surface area contributed by atoms with Crippen molar-refractivity contribution in [1.29, 1.82) is 0 Å². The molecule has 158 valence electrons. The predicted octanol–water partition coefficient (Wildman–Crippen LogP) is 1.64. The third-order valence-corrected chi connectivity index (χ3v) is 5.61. The molecule has 1 fully saturated rings. The van der Waals surface area contributed by atoms with Gasteiger partial charge >= 0.3 is 6.03 Å². The van der Waals surface area contributed by atoms with Gasteiger partial charge < -0.3 is 20.1 Å². The van der Waals surface area contributed by atoms with E-state index in [0.717, 1.165) is 29.4 Å². The number of carbonyl (C=O) groups excluding carboxylic acids is 2. The number of halogens is 1. The van der Waals surface area contributed by atoms with E-state index >= 15 is 0 Å². The molecule has 0 saturated carbocycles. The lowest BCUT2D eigenvalue weighted by Gasteiger charge is -2.37. The van der Waals surface area contributed by atoms with Gasteiger partial charge in [-0.15, -0.1) is 5.10 Å². The molecule has 0 spiro atoms. The van der Waals surface area contributed by atoms with Gasteiger partial charge in [-0.2, -0.15) is 0 Å². The molecule has 0 bridgehead atoms. The summed E-state index contributed by atoms with van der Waals surface area (Å²) in [6.07, 6.45) is 3.10. The van der Waals surface area contributed by atoms with E-state index in [-0.39, 0.29) is 24.5 Å². The summed E-state index contributed by atoms with van der Waals surface area (Å²) in [6, 6.07) is 7.38. The number of aromatic nitrogens is 5. The van der Waals surface area contributed by atoms with Crippen LogP contribution in [0.3, 0.4) is 0 Å². The zero-order valence-electron chi connectivity index (χ0n) is 16.6. The molecule has 1 saturated heterocycles. The summed E-state index contributed by atoms with van der Waals surface area (Å²) in [4.78, 5) is 31.9. The van der Waals surface area contributed by atoms with Crippen molar-refractivity contribution in [2.24, 2.45) is 0 Å². The van der Waals surface area contributed by atoms with Crippen LogP contribution in [-0.4, -0.2) is 73.1 Å². The SMILES string of the molecule is CN(C(=O)NCc1cc2cc(Cl)ccc2[nH]1)[C@@H]1CCCN(C(=O)Cn2cnnn2)C1. The van der Waals surface area contributed by atoms with Crippen LogP contribution in [0.1, 0.15) is 18.5 Å². The molecule has 2 aromatic heterocycles. The lowest BCUT2D eigenvalue weighted by Crippen LogP contribution is -2.53. The number of nitrogens with one attached hydrogen (secondary N) is 2. The standard InChI is InChI=1S/C19H23ClN8O2/c1-26(16-3-2-6-27(10-16)18(29)11-28-12-22-24-25-28)19(30)21-9-15-8-13-7-14(20)4-5-17(13)23-15/h4-5,7-8,12,16,23H,2-3,6,9-11H2,1H3,(H,21,30)/t16-/m1/s1. The molecule has 1 aliphatic heterocycles. The maximum absolute atomic E-state index is 12.7. The predicted molar refractivity (Wildman–Crippen MR) is 111 cm³/mol. The van der Waals surface area contributed by atoms with E-state index in [1.54, 1.807) is 16.8 Å².